The number of sulfone groups is 1. The first-order valence-electron chi connectivity index (χ1n) is 14.5. The molecule has 47 heavy (non-hydrogen) atoms. The number of carbonyl (C=O) groups excluding carboxylic acids is 1. The number of fused-ring (bicyclic) bond motifs is 1. The van der Waals surface area contributed by atoms with E-state index < -0.39 is 21.6 Å². The Morgan fingerprint density at radius 1 is 1.00 bits per heavy atom. The highest BCUT2D eigenvalue weighted by atomic mass is 32.2. The third kappa shape index (κ3) is 6.35. The van der Waals surface area contributed by atoms with Gasteiger partial charge >= 0.3 is 6.01 Å². The van der Waals surface area contributed by atoms with Crippen molar-refractivity contribution >= 4 is 38.3 Å². The van der Waals surface area contributed by atoms with Gasteiger partial charge in [-0.25, -0.2) is 32.7 Å². The maximum Gasteiger partial charge on any atom is 0.322 e. The van der Waals surface area contributed by atoms with Gasteiger partial charge in [-0.1, -0.05) is 18.2 Å². The van der Waals surface area contributed by atoms with Crippen LogP contribution in [0.5, 0.6) is 11.8 Å². The van der Waals surface area contributed by atoms with Crippen LogP contribution in [0.2, 0.25) is 0 Å². The number of halogens is 1. The van der Waals surface area contributed by atoms with Crippen LogP contribution in [0.3, 0.4) is 0 Å². The molecule has 4 aromatic heterocycles. The molecule has 3 N–H and O–H groups in total. The van der Waals surface area contributed by atoms with Crippen LogP contribution in [-0.4, -0.2) is 49.6 Å². The average molecular weight is 653 g/mol. The topological polar surface area (TPSA) is 168 Å². The number of hydrogen-bond donors (Lipinski definition) is 2. The predicted octanol–water partition coefficient (Wildman–Crippen LogP) is 5.51. The van der Waals surface area contributed by atoms with Gasteiger partial charge in [-0.15, -0.1) is 0 Å². The maximum atomic E-state index is 15.5. The van der Waals surface area contributed by atoms with E-state index >= 15 is 4.39 Å². The summed E-state index contributed by atoms with van der Waals surface area (Å²) in [5.74, 6) is -1.35. The van der Waals surface area contributed by atoms with Crippen LogP contribution in [-0.2, 0) is 14.6 Å². The Morgan fingerprint density at radius 3 is 2.51 bits per heavy atom. The second-order valence-electron chi connectivity index (χ2n) is 10.8. The molecule has 0 saturated heterocycles. The van der Waals surface area contributed by atoms with Crippen molar-refractivity contribution in [3.8, 4) is 28.8 Å². The van der Waals surface area contributed by atoms with Crippen LogP contribution in [0.1, 0.15) is 23.2 Å². The third-order valence-electron chi connectivity index (χ3n) is 7.44. The number of benzene rings is 2. The summed E-state index contributed by atoms with van der Waals surface area (Å²) < 4.78 is 48.0. The molecule has 0 radical (unpaired) electrons. The second kappa shape index (κ2) is 12.6. The van der Waals surface area contributed by atoms with Crippen molar-refractivity contribution in [1.29, 1.82) is 0 Å². The number of ether oxygens (including phenoxy) is 1. The third-order valence-corrected chi connectivity index (χ3v) is 9.17. The van der Waals surface area contributed by atoms with E-state index in [0.717, 1.165) is 5.56 Å². The first kappa shape index (κ1) is 31.2. The Labute approximate surface area is 269 Å². The minimum Gasteiger partial charge on any atom is -0.421 e. The summed E-state index contributed by atoms with van der Waals surface area (Å²) in [6, 6.07) is 15.9. The Kier molecular flexibility index (Phi) is 8.35. The molecule has 12 nitrogen and oxygen atoms in total. The van der Waals surface area contributed by atoms with E-state index in [1.165, 1.54) is 43.0 Å². The van der Waals surface area contributed by atoms with Crippen molar-refractivity contribution in [1.82, 2.24) is 29.5 Å². The maximum absolute atomic E-state index is 15.5. The number of nitrogens with one attached hydrogen (secondary N) is 1. The molecule has 0 aliphatic rings. The van der Waals surface area contributed by atoms with Gasteiger partial charge in [-0.2, -0.15) is 0 Å². The summed E-state index contributed by atoms with van der Waals surface area (Å²) in [4.78, 5) is 34.3. The monoisotopic (exact) mass is 652 g/mol. The zero-order valence-electron chi connectivity index (χ0n) is 25.6. The van der Waals surface area contributed by atoms with Crippen molar-refractivity contribution in [3.05, 3.63) is 102 Å². The number of carbonyl (C=O) groups is 1. The summed E-state index contributed by atoms with van der Waals surface area (Å²) in [5.41, 5.74) is 11.3. The fourth-order valence-electron chi connectivity index (χ4n) is 5.19. The van der Waals surface area contributed by atoms with Crippen LogP contribution < -0.4 is 15.8 Å². The molecular formula is C33H29FN8O4S. The summed E-state index contributed by atoms with van der Waals surface area (Å²) in [5, 5.41) is 2.73. The standard InChI is InChI=1S/C33H29FN8O4S/c1-19-15-22(41-27(43)12-14-47(44,45)24-7-5-4-6-8-24)17-37-28(19)30-21(3)29-31(32(35)39-18-38-29)42(30)23-9-10-26(25(34)16-23)46-33-36-13-11-20(2)40-33/h4-11,13,15-18H,12,14H2,1-3H3,(H,41,43)(H2,35,38,39). The summed E-state index contributed by atoms with van der Waals surface area (Å²) in [6.07, 6.45) is 4.12. The molecule has 6 aromatic rings. The smallest absolute Gasteiger partial charge is 0.322 e. The average Bonchev–Trinajstić information content (AvgIpc) is 3.34. The molecule has 0 spiro atoms. The number of nitrogens with two attached hydrogens (primary N) is 1. The van der Waals surface area contributed by atoms with Crippen LogP contribution in [0.25, 0.3) is 28.1 Å². The SMILES string of the molecule is Cc1ccnc(Oc2ccc(-n3c(-c4ncc(NC(=O)CCS(=O)(=O)c5ccccc5)cc4C)c(C)c4ncnc(N)c43)cc2F)n1. The Hall–Kier alpha value is -5.76. The molecule has 0 atom stereocenters. The van der Waals surface area contributed by atoms with E-state index in [1.807, 2.05) is 13.8 Å². The van der Waals surface area contributed by atoms with Crippen LogP contribution >= 0.6 is 0 Å². The lowest BCUT2D eigenvalue weighted by Gasteiger charge is -2.15. The number of amides is 1. The molecule has 0 aliphatic heterocycles. The van der Waals surface area contributed by atoms with E-state index in [-0.39, 0.29) is 34.6 Å². The van der Waals surface area contributed by atoms with Gasteiger partial charge in [0.2, 0.25) is 5.91 Å². The van der Waals surface area contributed by atoms with Crippen LogP contribution in [0.15, 0.2) is 84.3 Å². The van der Waals surface area contributed by atoms with Crippen molar-refractivity contribution in [2.75, 3.05) is 16.8 Å². The van der Waals surface area contributed by atoms with Gasteiger partial charge in [0.05, 0.1) is 39.4 Å². The number of nitrogens with zero attached hydrogens (tertiary/aromatic N) is 6. The number of aromatic nitrogens is 6. The molecule has 14 heteroatoms. The highest BCUT2D eigenvalue weighted by Gasteiger charge is 2.24. The van der Waals surface area contributed by atoms with E-state index in [1.54, 1.807) is 47.9 Å². The molecular weight excluding hydrogens is 623 g/mol. The molecule has 6 rings (SSSR count). The normalized spacial score (nSPS) is 11.5. The molecule has 0 bridgehead atoms. The van der Waals surface area contributed by atoms with Gasteiger partial charge in [0, 0.05) is 35.6 Å². The highest BCUT2D eigenvalue weighted by molar-refractivity contribution is 7.91. The lowest BCUT2D eigenvalue weighted by atomic mass is 10.1. The van der Waals surface area contributed by atoms with Crippen molar-refractivity contribution in [3.63, 3.8) is 0 Å². The number of rotatable bonds is 9. The van der Waals surface area contributed by atoms with Crippen molar-refractivity contribution in [2.24, 2.45) is 0 Å². The van der Waals surface area contributed by atoms with Gasteiger partial charge < -0.3 is 20.4 Å². The van der Waals surface area contributed by atoms with Gasteiger partial charge in [0.15, 0.2) is 27.2 Å². The van der Waals surface area contributed by atoms with Gasteiger partial charge in [0.1, 0.15) is 11.8 Å². The quantitative estimate of drug-likeness (QED) is 0.203. The van der Waals surface area contributed by atoms with Crippen molar-refractivity contribution < 1.29 is 22.3 Å². The molecule has 2 aromatic carbocycles. The van der Waals surface area contributed by atoms with Gasteiger partial charge in [-0.3, -0.25) is 9.78 Å². The summed E-state index contributed by atoms with van der Waals surface area (Å²) in [6.45, 7) is 5.44. The lowest BCUT2D eigenvalue weighted by molar-refractivity contribution is -0.115. The van der Waals surface area contributed by atoms with E-state index in [0.29, 0.717) is 45.1 Å². The highest BCUT2D eigenvalue weighted by Crippen LogP contribution is 2.38. The first-order valence-corrected chi connectivity index (χ1v) is 16.1. The molecule has 0 fully saturated rings. The van der Waals surface area contributed by atoms with E-state index in [4.69, 9.17) is 10.5 Å². The summed E-state index contributed by atoms with van der Waals surface area (Å²) in [7, 11) is -3.62. The van der Waals surface area contributed by atoms with Crippen LogP contribution in [0, 0.1) is 26.6 Å². The number of aryl methyl sites for hydroxylation is 3. The number of nitrogen functional groups attached to an aromatic ring is 1. The fourth-order valence-corrected chi connectivity index (χ4v) is 6.45. The molecule has 0 saturated carbocycles. The second-order valence-corrected chi connectivity index (χ2v) is 12.9. The molecule has 1 amide bonds. The minimum atomic E-state index is -3.62. The van der Waals surface area contributed by atoms with E-state index in [2.05, 4.69) is 30.2 Å². The minimum absolute atomic E-state index is 0.0158. The van der Waals surface area contributed by atoms with E-state index in [9.17, 15) is 13.2 Å². The molecule has 0 aliphatic carbocycles. The number of hydrogen-bond acceptors (Lipinski definition) is 10. The Morgan fingerprint density at radius 2 is 1.79 bits per heavy atom. The van der Waals surface area contributed by atoms with Crippen molar-refractivity contribution in [2.45, 2.75) is 32.1 Å². The molecule has 0 unspecified atom stereocenters. The molecule has 238 valence electrons. The number of anilines is 2. The van der Waals surface area contributed by atoms with Gasteiger partial charge in [-0.05, 0) is 62.7 Å². The lowest BCUT2D eigenvalue weighted by Crippen LogP contribution is -2.17. The zero-order valence-corrected chi connectivity index (χ0v) is 26.4. The first-order chi connectivity index (χ1) is 22.5. The largest absolute Gasteiger partial charge is 0.421 e. The molecule has 4 heterocycles. The Balaban J connectivity index is 1.32. The van der Waals surface area contributed by atoms with Gasteiger partial charge in [0.25, 0.3) is 0 Å². The zero-order chi connectivity index (χ0) is 33.3. The fraction of sp³-hybridized carbons (Fsp3) is 0.152. The Bertz CT molecular complexity index is 2260. The number of pyridine rings is 1. The summed E-state index contributed by atoms with van der Waals surface area (Å²) >= 11 is 0. The van der Waals surface area contributed by atoms with Crippen LogP contribution in [0.4, 0.5) is 15.9 Å². The predicted molar refractivity (Wildman–Crippen MR) is 175 cm³/mol.